The summed E-state index contributed by atoms with van der Waals surface area (Å²) < 4.78 is 11.5. The lowest BCUT2D eigenvalue weighted by Crippen LogP contribution is -2.52. The molecule has 3 aromatic rings. The molecule has 0 aromatic heterocycles. The third-order valence-corrected chi connectivity index (χ3v) is 5.35. The monoisotopic (exact) mass is 450 g/mol. The Hall–Kier alpha value is -3.51. The number of hydrogen-bond acceptors (Lipinski definition) is 4. The number of halogens is 1. The molecule has 0 saturated carbocycles. The number of para-hydroxylation sites is 2. The summed E-state index contributed by atoms with van der Waals surface area (Å²) in [6.07, 6.45) is -0.0897. The highest BCUT2D eigenvalue weighted by Crippen LogP contribution is 2.33. The highest BCUT2D eigenvalue weighted by Gasteiger charge is 2.33. The average Bonchev–Trinajstić information content (AvgIpc) is 2.83. The number of carbonyl (C=O) groups excluding carboxylic acids is 2. The van der Waals surface area contributed by atoms with Gasteiger partial charge in [-0.3, -0.25) is 9.59 Å². The van der Waals surface area contributed by atoms with Crippen LogP contribution in [0.3, 0.4) is 0 Å². The first-order chi connectivity index (χ1) is 15.6. The molecule has 32 heavy (non-hydrogen) atoms. The van der Waals surface area contributed by atoms with E-state index in [2.05, 4.69) is 5.32 Å². The third kappa shape index (κ3) is 5.39. The Labute approximate surface area is 191 Å². The van der Waals surface area contributed by atoms with Crippen molar-refractivity contribution in [3.63, 3.8) is 0 Å². The Morgan fingerprint density at radius 2 is 1.72 bits per heavy atom. The summed E-state index contributed by atoms with van der Waals surface area (Å²) in [5.74, 6) is 0.506. The molecule has 1 atom stereocenters. The number of amides is 2. The van der Waals surface area contributed by atoms with Gasteiger partial charge >= 0.3 is 0 Å². The molecule has 7 heteroatoms. The van der Waals surface area contributed by atoms with E-state index in [1.165, 1.54) is 4.90 Å². The number of rotatable bonds is 7. The number of anilines is 1. The van der Waals surface area contributed by atoms with Crippen molar-refractivity contribution in [3.05, 3.63) is 89.4 Å². The summed E-state index contributed by atoms with van der Waals surface area (Å²) in [7, 11) is 0. The van der Waals surface area contributed by atoms with E-state index >= 15 is 0 Å². The molecule has 0 bridgehead atoms. The second-order valence-corrected chi connectivity index (χ2v) is 7.78. The van der Waals surface area contributed by atoms with E-state index in [0.29, 0.717) is 35.2 Å². The molecule has 1 aliphatic heterocycles. The molecule has 0 radical (unpaired) electrons. The molecule has 0 spiro atoms. The second-order valence-electron chi connectivity index (χ2n) is 7.35. The van der Waals surface area contributed by atoms with Gasteiger partial charge in [-0.05, 0) is 48.4 Å². The summed E-state index contributed by atoms with van der Waals surface area (Å²) in [5, 5.41) is 3.50. The lowest BCUT2D eigenvalue weighted by atomic mass is 10.1. The number of carbonyl (C=O) groups is 2. The summed E-state index contributed by atoms with van der Waals surface area (Å²) in [5.41, 5.74) is 1.75. The van der Waals surface area contributed by atoms with Crippen molar-refractivity contribution in [2.75, 3.05) is 24.6 Å². The van der Waals surface area contributed by atoms with Crippen molar-refractivity contribution in [1.82, 2.24) is 5.32 Å². The zero-order valence-electron chi connectivity index (χ0n) is 17.4. The maximum absolute atomic E-state index is 13.0. The smallest absolute Gasteiger partial charge is 0.265 e. The molecule has 1 aliphatic rings. The van der Waals surface area contributed by atoms with Crippen LogP contribution in [0.2, 0.25) is 5.02 Å². The molecule has 6 nitrogen and oxygen atoms in total. The summed E-state index contributed by atoms with van der Waals surface area (Å²) in [6.45, 7) is 0.424. The highest BCUT2D eigenvalue weighted by molar-refractivity contribution is 6.30. The van der Waals surface area contributed by atoms with Gasteiger partial charge in [0.05, 0.1) is 12.2 Å². The quantitative estimate of drug-likeness (QED) is 0.593. The molecule has 1 N–H and O–H groups in total. The van der Waals surface area contributed by atoms with E-state index in [9.17, 15) is 9.59 Å². The largest absolute Gasteiger partial charge is 0.484 e. The Balaban J connectivity index is 1.39. The summed E-state index contributed by atoms with van der Waals surface area (Å²) in [6, 6.07) is 23.9. The van der Waals surface area contributed by atoms with Crippen molar-refractivity contribution in [3.8, 4) is 11.5 Å². The predicted octanol–water partition coefficient (Wildman–Crippen LogP) is 3.87. The number of benzene rings is 3. The molecule has 0 saturated heterocycles. The average molecular weight is 451 g/mol. The van der Waals surface area contributed by atoms with Crippen LogP contribution < -0.4 is 19.7 Å². The van der Waals surface area contributed by atoms with Crippen LogP contribution in [0.1, 0.15) is 5.56 Å². The fraction of sp³-hybridized carbons (Fsp3) is 0.200. The molecule has 3 aromatic carbocycles. The van der Waals surface area contributed by atoms with E-state index in [0.717, 1.165) is 5.56 Å². The Kier molecular flexibility index (Phi) is 6.92. The van der Waals surface area contributed by atoms with E-state index < -0.39 is 6.10 Å². The standard InChI is InChI=1S/C25H23ClN2O4/c26-19-10-12-20(13-11-19)31-17-24(29)28-16-23(32-22-9-5-4-8-21(22)28)25(30)27-15-14-18-6-2-1-3-7-18/h1-13,23H,14-17H2,(H,27,30). The number of nitrogens with zero attached hydrogens (tertiary/aromatic N) is 1. The third-order valence-electron chi connectivity index (χ3n) is 5.10. The van der Waals surface area contributed by atoms with Crippen molar-refractivity contribution in [1.29, 1.82) is 0 Å². The van der Waals surface area contributed by atoms with Crippen LogP contribution in [0.4, 0.5) is 5.69 Å². The maximum atomic E-state index is 13.0. The topological polar surface area (TPSA) is 67.9 Å². The second kappa shape index (κ2) is 10.2. The van der Waals surface area contributed by atoms with Crippen LogP contribution in [0, 0.1) is 0 Å². The minimum absolute atomic E-state index is 0.108. The van der Waals surface area contributed by atoms with Crippen molar-refractivity contribution in [2.45, 2.75) is 12.5 Å². The SMILES string of the molecule is O=C(NCCc1ccccc1)C1CN(C(=O)COc2ccc(Cl)cc2)c2ccccc2O1. The molecule has 164 valence electrons. The van der Waals surface area contributed by atoms with Crippen LogP contribution >= 0.6 is 11.6 Å². The molecule has 2 amide bonds. The van der Waals surface area contributed by atoms with E-state index in [-0.39, 0.29) is 25.0 Å². The summed E-state index contributed by atoms with van der Waals surface area (Å²) >= 11 is 5.89. The molecular formula is C25H23ClN2O4. The van der Waals surface area contributed by atoms with Gasteiger partial charge in [0.2, 0.25) is 0 Å². The number of fused-ring (bicyclic) bond motifs is 1. The first-order valence-electron chi connectivity index (χ1n) is 10.4. The Bertz CT molecular complexity index is 1070. The molecule has 1 heterocycles. The minimum atomic E-state index is -0.805. The molecule has 0 aliphatic carbocycles. The molecule has 4 rings (SSSR count). The number of nitrogens with one attached hydrogen (secondary N) is 1. The Morgan fingerprint density at radius 1 is 1.00 bits per heavy atom. The van der Waals surface area contributed by atoms with Gasteiger partial charge < -0.3 is 19.7 Å². The maximum Gasteiger partial charge on any atom is 0.265 e. The first-order valence-corrected chi connectivity index (χ1v) is 10.7. The molecule has 0 fully saturated rings. The van der Waals surface area contributed by atoms with Gasteiger partial charge in [-0.15, -0.1) is 0 Å². The van der Waals surface area contributed by atoms with Crippen molar-refractivity contribution >= 4 is 29.1 Å². The predicted molar refractivity (Wildman–Crippen MR) is 123 cm³/mol. The van der Waals surface area contributed by atoms with Gasteiger partial charge in [-0.1, -0.05) is 54.1 Å². The van der Waals surface area contributed by atoms with Crippen LogP contribution in [-0.4, -0.2) is 37.6 Å². The minimum Gasteiger partial charge on any atom is -0.484 e. The van der Waals surface area contributed by atoms with E-state index in [1.54, 1.807) is 42.5 Å². The number of ether oxygens (including phenoxy) is 2. The van der Waals surface area contributed by atoms with Crippen molar-refractivity contribution in [2.24, 2.45) is 0 Å². The van der Waals surface area contributed by atoms with Crippen LogP contribution in [0.25, 0.3) is 0 Å². The fourth-order valence-corrected chi connectivity index (χ4v) is 3.58. The lowest BCUT2D eigenvalue weighted by molar-refractivity contribution is -0.128. The van der Waals surface area contributed by atoms with Gasteiger partial charge in [0.1, 0.15) is 11.5 Å². The van der Waals surface area contributed by atoms with E-state index in [4.69, 9.17) is 21.1 Å². The molecule has 1 unspecified atom stereocenters. The normalized spacial score (nSPS) is 14.8. The highest BCUT2D eigenvalue weighted by atomic mass is 35.5. The van der Waals surface area contributed by atoms with Crippen LogP contribution in [0.5, 0.6) is 11.5 Å². The summed E-state index contributed by atoms with van der Waals surface area (Å²) in [4.78, 5) is 27.3. The zero-order chi connectivity index (χ0) is 22.3. The lowest BCUT2D eigenvalue weighted by Gasteiger charge is -2.34. The van der Waals surface area contributed by atoms with Gasteiger partial charge in [0, 0.05) is 11.6 Å². The number of hydrogen-bond donors (Lipinski definition) is 1. The van der Waals surface area contributed by atoms with Crippen LogP contribution in [-0.2, 0) is 16.0 Å². The van der Waals surface area contributed by atoms with Crippen LogP contribution in [0.15, 0.2) is 78.9 Å². The van der Waals surface area contributed by atoms with Crippen molar-refractivity contribution < 1.29 is 19.1 Å². The fourth-order valence-electron chi connectivity index (χ4n) is 3.45. The Morgan fingerprint density at radius 3 is 2.50 bits per heavy atom. The van der Waals surface area contributed by atoms with Gasteiger partial charge in [-0.25, -0.2) is 0 Å². The van der Waals surface area contributed by atoms with Gasteiger partial charge in [-0.2, -0.15) is 0 Å². The zero-order valence-corrected chi connectivity index (χ0v) is 18.1. The molecular weight excluding hydrogens is 428 g/mol. The van der Waals surface area contributed by atoms with Gasteiger partial charge in [0.25, 0.3) is 11.8 Å². The first kappa shape index (κ1) is 21.7. The van der Waals surface area contributed by atoms with E-state index in [1.807, 2.05) is 36.4 Å². The van der Waals surface area contributed by atoms with Gasteiger partial charge in [0.15, 0.2) is 12.7 Å².